The molecule has 0 aromatic rings. The Morgan fingerprint density at radius 3 is 1.06 bits per heavy atom. The Labute approximate surface area is 514 Å². The lowest BCUT2D eigenvalue weighted by molar-refractivity contribution is -0.870. The van der Waals surface area contributed by atoms with Crippen LogP contribution in [0, 0.1) is 0 Å². The normalized spacial score (nSPS) is 14.3. The Kier molecular flexibility index (Phi) is 61.5. The zero-order valence-electron chi connectivity index (χ0n) is 54.9. The number of unbranched alkanes of at least 4 members (excludes halogenated alkanes) is 32. The van der Waals surface area contributed by atoms with Crippen molar-refractivity contribution in [2.75, 3.05) is 40.9 Å². The third kappa shape index (κ3) is 66.5. The molecule has 3 atom stereocenters. The van der Waals surface area contributed by atoms with Crippen molar-refractivity contribution in [2.45, 2.75) is 315 Å². The summed E-state index contributed by atoms with van der Waals surface area (Å²) >= 11 is 0. The Bertz CT molecular complexity index is 1720. The van der Waals surface area contributed by atoms with Gasteiger partial charge in [0.1, 0.15) is 13.2 Å². The number of hydrogen-bond donors (Lipinski definition) is 3. The van der Waals surface area contributed by atoms with Crippen LogP contribution in [-0.2, 0) is 18.4 Å². The molecule has 0 fully saturated rings. The fourth-order valence-electron chi connectivity index (χ4n) is 9.92. The highest BCUT2D eigenvalue weighted by atomic mass is 31.2. The zero-order valence-corrected chi connectivity index (χ0v) is 55.8. The van der Waals surface area contributed by atoms with Crippen molar-refractivity contribution < 1.29 is 32.9 Å². The van der Waals surface area contributed by atoms with Crippen LogP contribution >= 0.6 is 7.82 Å². The van der Waals surface area contributed by atoms with Crippen LogP contribution in [0.2, 0.25) is 0 Å². The van der Waals surface area contributed by atoms with Crippen LogP contribution in [0.4, 0.5) is 0 Å². The summed E-state index contributed by atoms with van der Waals surface area (Å²) in [6, 6.07) is -0.781. The van der Waals surface area contributed by atoms with Gasteiger partial charge in [-0.05, 0) is 83.5 Å². The van der Waals surface area contributed by atoms with Gasteiger partial charge in [-0.15, -0.1) is 0 Å². The molecule has 1 amide bonds. The molecule has 0 aliphatic heterocycles. The van der Waals surface area contributed by atoms with E-state index in [2.05, 4.69) is 129 Å². The number of aliphatic hydroxyl groups is 1. The number of phosphoric acid groups is 1. The smallest absolute Gasteiger partial charge is 0.391 e. The van der Waals surface area contributed by atoms with E-state index in [0.717, 1.165) is 116 Å². The molecule has 0 aromatic carbocycles. The molecule has 0 aliphatic rings. The average Bonchev–Trinajstić information content (AvgIpc) is 3.49. The molecule has 3 N–H and O–H groups in total. The van der Waals surface area contributed by atoms with Crippen LogP contribution in [0.15, 0.2) is 109 Å². The van der Waals surface area contributed by atoms with Crippen molar-refractivity contribution in [1.82, 2.24) is 5.32 Å². The number of allylic oxidation sites excluding steroid dienone is 18. The van der Waals surface area contributed by atoms with Crippen molar-refractivity contribution in [1.29, 1.82) is 0 Å². The van der Waals surface area contributed by atoms with E-state index in [-0.39, 0.29) is 19.1 Å². The minimum atomic E-state index is -4.34. The Hall–Kier alpha value is -2.84. The van der Waals surface area contributed by atoms with Crippen LogP contribution in [0.25, 0.3) is 0 Å². The fourth-order valence-corrected chi connectivity index (χ4v) is 10.7. The summed E-state index contributed by atoms with van der Waals surface area (Å²) in [6.45, 7) is 4.78. The summed E-state index contributed by atoms with van der Waals surface area (Å²) < 4.78 is 23.9. The van der Waals surface area contributed by atoms with Crippen LogP contribution in [0.3, 0.4) is 0 Å². The van der Waals surface area contributed by atoms with Gasteiger partial charge in [-0.25, -0.2) is 4.57 Å². The van der Waals surface area contributed by atoms with Gasteiger partial charge in [0, 0.05) is 6.42 Å². The molecule has 480 valence electrons. The molecule has 0 spiro atoms. The molecular formula is C74H134N2O6P+. The molecule has 0 radical (unpaired) electrons. The Morgan fingerprint density at radius 1 is 0.422 bits per heavy atom. The highest BCUT2D eigenvalue weighted by Gasteiger charge is 2.28. The Balaban J connectivity index is 4.15. The fraction of sp³-hybridized carbons (Fsp3) is 0.743. The molecule has 83 heavy (non-hydrogen) atoms. The minimum Gasteiger partial charge on any atom is -0.391 e. The number of rotatable bonds is 63. The molecule has 3 unspecified atom stereocenters. The number of aliphatic hydroxyl groups excluding tert-OH is 1. The maximum atomic E-state index is 13.1. The van der Waals surface area contributed by atoms with Gasteiger partial charge in [0.05, 0.1) is 39.9 Å². The van der Waals surface area contributed by atoms with Crippen molar-refractivity contribution in [3.63, 3.8) is 0 Å². The maximum absolute atomic E-state index is 13.1. The van der Waals surface area contributed by atoms with E-state index in [0.29, 0.717) is 23.9 Å². The van der Waals surface area contributed by atoms with E-state index in [1.54, 1.807) is 0 Å². The molecule has 0 bridgehead atoms. The molecule has 0 saturated carbocycles. The number of carbonyl (C=O) groups excluding carboxylic acids is 1. The highest BCUT2D eigenvalue weighted by Crippen LogP contribution is 2.43. The van der Waals surface area contributed by atoms with Gasteiger partial charge < -0.3 is 19.8 Å². The summed E-state index contributed by atoms with van der Waals surface area (Å²) in [5.41, 5.74) is 0. The zero-order chi connectivity index (χ0) is 60.5. The van der Waals surface area contributed by atoms with Gasteiger partial charge >= 0.3 is 7.82 Å². The average molecular weight is 1180 g/mol. The first kappa shape index (κ1) is 80.2. The number of amides is 1. The Morgan fingerprint density at radius 2 is 0.723 bits per heavy atom. The van der Waals surface area contributed by atoms with E-state index in [9.17, 15) is 19.4 Å². The third-order valence-electron chi connectivity index (χ3n) is 15.3. The highest BCUT2D eigenvalue weighted by molar-refractivity contribution is 7.47. The molecule has 8 nitrogen and oxygen atoms in total. The van der Waals surface area contributed by atoms with Gasteiger partial charge in [-0.1, -0.05) is 322 Å². The van der Waals surface area contributed by atoms with Crippen molar-refractivity contribution >= 4 is 13.7 Å². The summed E-state index contributed by atoms with van der Waals surface area (Å²) in [6.07, 6.45) is 93.2. The summed E-state index contributed by atoms with van der Waals surface area (Å²) in [5, 5.41) is 14.1. The monoisotopic (exact) mass is 1180 g/mol. The van der Waals surface area contributed by atoms with E-state index in [1.165, 1.54) is 161 Å². The first-order valence-corrected chi connectivity index (χ1v) is 36.2. The second-order valence-electron chi connectivity index (χ2n) is 24.5. The molecule has 0 rings (SSSR count). The predicted octanol–water partition coefficient (Wildman–Crippen LogP) is 22.3. The predicted molar refractivity (Wildman–Crippen MR) is 364 cm³/mol. The van der Waals surface area contributed by atoms with Crippen LogP contribution in [-0.4, -0.2) is 73.4 Å². The molecule has 9 heteroatoms. The van der Waals surface area contributed by atoms with Gasteiger partial charge in [-0.2, -0.15) is 0 Å². The lowest BCUT2D eigenvalue weighted by atomic mass is 10.0. The first-order valence-electron chi connectivity index (χ1n) is 34.8. The largest absolute Gasteiger partial charge is 0.472 e. The van der Waals surface area contributed by atoms with Gasteiger partial charge in [0.15, 0.2) is 0 Å². The molecular weight excluding hydrogens is 1040 g/mol. The summed E-state index contributed by atoms with van der Waals surface area (Å²) in [7, 11) is 1.59. The first-order chi connectivity index (χ1) is 40.5. The standard InChI is InChI=1S/C74H133N2O6P/c1-6-8-10-12-14-16-18-20-22-24-26-28-30-32-34-36-37-38-39-40-42-44-46-48-50-52-54-56-58-60-62-64-66-68-74(78)75-72(71-82-83(79,80)81-70-69-76(3,4)5)73(77)67-65-63-61-59-57-55-53-51-49-47-45-43-41-35-33-31-29-27-25-23-21-19-17-15-13-11-9-7-2/h8,10,14,16,20,22,26,28,32,34,37-38,40,42,46,48,52,54,72-73,77H,6-7,9,11-13,15,17-19,21,23-25,27,29-31,33,35-36,39,41,43-45,47,49-51,53,55-71H2,1-5H3,(H-,75,78,79,80)/p+1/b10-8-,16-14-,22-20-,28-26-,34-32-,38-37-,42-40-,48-46-,54-52-. The summed E-state index contributed by atoms with van der Waals surface area (Å²) in [5.74, 6) is -0.164. The van der Waals surface area contributed by atoms with E-state index >= 15 is 0 Å². The van der Waals surface area contributed by atoms with Crippen LogP contribution < -0.4 is 5.32 Å². The van der Waals surface area contributed by atoms with Gasteiger partial charge in [0.2, 0.25) is 5.91 Å². The van der Waals surface area contributed by atoms with Crippen molar-refractivity contribution in [3.05, 3.63) is 109 Å². The number of nitrogens with one attached hydrogen (secondary N) is 1. The second kappa shape index (κ2) is 63.7. The quantitative estimate of drug-likeness (QED) is 0.0243. The van der Waals surface area contributed by atoms with Crippen LogP contribution in [0.1, 0.15) is 303 Å². The van der Waals surface area contributed by atoms with E-state index < -0.39 is 20.0 Å². The minimum absolute atomic E-state index is 0.0653. The topological polar surface area (TPSA) is 105 Å². The third-order valence-corrected chi connectivity index (χ3v) is 16.3. The van der Waals surface area contributed by atoms with Gasteiger partial charge in [0.25, 0.3) is 0 Å². The molecule has 0 saturated heterocycles. The number of likely N-dealkylation sites (N-methyl/N-ethyl adjacent to an activating group) is 1. The molecule has 0 heterocycles. The number of carbonyl (C=O) groups is 1. The lowest BCUT2D eigenvalue weighted by Gasteiger charge is -2.26. The number of nitrogens with zero attached hydrogens (tertiary/aromatic N) is 1. The van der Waals surface area contributed by atoms with Crippen molar-refractivity contribution in [2.24, 2.45) is 0 Å². The SMILES string of the molecule is CC/C=C\C/C=C\C/C=C\C/C=C\C/C=C\C/C=C\C/C=C\C/C=C\C/C=C\CCCCCCCC(=O)NC(COP(=O)(O)OCC[N+](C)(C)C)C(O)CCCCCCCCCCCCCCCCCCCCCCCCCCCCCC. The second-order valence-corrected chi connectivity index (χ2v) is 26.0. The maximum Gasteiger partial charge on any atom is 0.472 e. The van der Waals surface area contributed by atoms with Gasteiger partial charge in [-0.3, -0.25) is 13.8 Å². The van der Waals surface area contributed by atoms with E-state index in [1.807, 2.05) is 21.1 Å². The number of phosphoric ester groups is 1. The summed E-state index contributed by atoms with van der Waals surface area (Å²) in [4.78, 5) is 23.5. The number of quaternary nitrogens is 1. The van der Waals surface area contributed by atoms with Crippen LogP contribution in [0.5, 0.6) is 0 Å². The number of hydrogen-bond acceptors (Lipinski definition) is 5. The van der Waals surface area contributed by atoms with E-state index in [4.69, 9.17) is 9.05 Å². The lowest BCUT2D eigenvalue weighted by Crippen LogP contribution is -2.46. The van der Waals surface area contributed by atoms with Crippen molar-refractivity contribution in [3.8, 4) is 0 Å². The molecule has 0 aromatic heterocycles. The molecule has 0 aliphatic carbocycles.